The van der Waals surface area contributed by atoms with Crippen LogP contribution in [0.4, 0.5) is 0 Å². The predicted molar refractivity (Wildman–Crippen MR) is 359 cm³/mol. The molecule has 0 radical (unpaired) electrons. The van der Waals surface area contributed by atoms with Crippen molar-refractivity contribution in [1.29, 1.82) is 0 Å². The summed E-state index contributed by atoms with van der Waals surface area (Å²) in [6.45, 7) is 11.4. The van der Waals surface area contributed by atoms with Gasteiger partial charge in [0.25, 0.3) is 0 Å². The van der Waals surface area contributed by atoms with Crippen LogP contribution in [0.5, 0.6) is 23.0 Å². The molecule has 476 valence electrons. The molecule has 12 nitrogen and oxygen atoms in total. The second-order valence-corrected chi connectivity index (χ2v) is 22.0. The van der Waals surface area contributed by atoms with Gasteiger partial charge in [0.15, 0.2) is 0 Å². The van der Waals surface area contributed by atoms with Crippen LogP contribution in [0.1, 0.15) is 186 Å². The summed E-state index contributed by atoms with van der Waals surface area (Å²) < 4.78 is 22.7. The average Bonchev–Trinajstić information content (AvgIpc) is 1.78. The van der Waals surface area contributed by atoms with Crippen molar-refractivity contribution in [1.82, 2.24) is 0 Å². The van der Waals surface area contributed by atoms with Crippen molar-refractivity contribution >= 4 is 23.9 Å². The molecule has 8 aromatic carbocycles. The first-order valence-corrected chi connectivity index (χ1v) is 31.8. The van der Waals surface area contributed by atoms with E-state index in [4.69, 9.17) is 24.1 Å². The summed E-state index contributed by atoms with van der Waals surface area (Å²) in [7, 11) is 0. The summed E-state index contributed by atoms with van der Waals surface area (Å²) >= 11 is 0. The van der Waals surface area contributed by atoms with E-state index in [0.717, 1.165) is 113 Å². The summed E-state index contributed by atoms with van der Waals surface area (Å²) in [6, 6.07) is 70.1. The van der Waals surface area contributed by atoms with Crippen molar-refractivity contribution in [2.75, 3.05) is 26.4 Å². The van der Waals surface area contributed by atoms with E-state index in [1.54, 1.807) is 0 Å². The van der Waals surface area contributed by atoms with Crippen molar-refractivity contribution in [2.24, 2.45) is 0 Å². The number of carboxylic acid groups (broad SMARTS) is 4. The molecule has 90 heavy (non-hydrogen) atoms. The molecule has 0 aliphatic heterocycles. The molecule has 4 atom stereocenters. The Kier molecular flexibility index (Phi) is 33.3. The highest BCUT2D eigenvalue weighted by atomic mass is 16.5. The molecular formula is C78H92O12. The van der Waals surface area contributed by atoms with Crippen LogP contribution in [0.3, 0.4) is 0 Å². The summed E-state index contributed by atoms with van der Waals surface area (Å²) in [5, 5.41) is 36.8. The number of benzene rings is 8. The van der Waals surface area contributed by atoms with Gasteiger partial charge in [-0.25, -0.2) is 0 Å². The van der Waals surface area contributed by atoms with Crippen LogP contribution in [0.2, 0.25) is 0 Å². The summed E-state index contributed by atoms with van der Waals surface area (Å²) in [5.74, 6) is -0.380. The zero-order valence-corrected chi connectivity index (χ0v) is 52.9. The Bertz CT molecular complexity index is 3210. The molecule has 0 saturated heterocycles. The van der Waals surface area contributed by atoms with E-state index in [9.17, 15) is 34.5 Å². The third-order valence-corrected chi connectivity index (χ3v) is 15.0. The maximum Gasteiger partial charge on any atom is 0.304 e. The van der Waals surface area contributed by atoms with E-state index in [1.165, 1.54) is 32.1 Å². The van der Waals surface area contributed by atoms with E-state index in [2.05, 4.69) is 27.7 Å². The fourth-order valence-electron chi connectivity index (χ4n) is 10.2. The van der Waals surface area contributed by atoms with Crippen molar-refractivity contribution in [3.8, 4) is 23.0 Å². The molecule has 0 aromatic heterocycles. The molecule has 4 unspecified atom stereocenters. The van der Waals surface area contributed by atoms with Crippen LogP contribution in [0.15, 0.2) is 218 Å². The van der Waals surface area contributed by atoms with Crippen molar-refractivity contribution in [3.63, 3.8) is 0 Å². The minimum atomic E-state index is -0.796. The first-order valence-electron chi connectivity index (χ1n) is 31.8. The Morgan fingerprint density at radius 2 is 0.467 bits per heavy atom. The van der Waals surface area contributed by atoms with Gasteiger partial charge in [-0.1, -0.05) is 236 Å². The van der Waals surface area contributed by atoms with Gasteiger partial charge in [0.05, 0.1) is 52.1 Å². The Labute approximate surface area is 533 Å². The zero-order valence-electron chi connectivity index (χ0n) is 52.9. The van der Waals surface area contributed by atoms with Gasteiger partial charge < -0.3 is 39.4 Å². The highest BCUT2D eigenvalue weighted by Crippen LogP contribution is 2.33. The fraction of sp³-hybridized carbons (Fsp3) is 0.333. The monoisotopic (exact) mass is 1220 g/mol. The lowest BCUT2D eigenvalue weighted by molar-refractivity contribution is -0.138. The topological polar surface area (TPSA) is 186 Å². The van der Waals surface area contributed by atoms with Gasteiger partial charge in [0.1, 0.15) is 23.0 Å². The third kappa shape index (κ3) is 27.1. The predicted octanol–water partition coefficient (Wildman–Crippen LogP) is 18.7. The van der Waals surface area contributed by atoms with Crippen LogP contribution in [-0.4, -0.2) is 70.7 Å². The molecule has 0 amide bonds. The van der Waals surface area contributed by atoms with E-state index >= 15 is 0 Å². The number of carbonyl (C=O) groups is 4. The van der Waals surface area contributed by atoms with E-state index in [-0.39, 0.29) is 49.4 Å². The molecule has 0 spiro atoms. The summed E-state index contributed by atoms with van der Waals surface area (Å²) in [5.41, 5.74) is 8.07. The van der Waals surface area contributed by atoms with E-state index in [1.807, 2.05) is 218 Å². The first-order chi connectivity index (χ1) is 43.8. The molecule has 0 fully saturated rings. The molecule has 8 aromatic rings. The molecule has 0 aliphatic rings. The van der Waals surface area contributed by atoms with Crippen LogP contribution in [0, 0.1) is 0 Å². The molecule has 0 saturated carbocycles. The Morgan fingerprint density at radius 1 is 0.256 bits per heavy atom. The van der Waals surface area contributed by atoms with Crippen LogP contribution in [0.25, 0.3) is 0 Å². The van der Waals surface area contributed by atoms with E-state index in [0.29, 0.717) is 13.2 Å². The lowest BCUT2D eigenvalue weighted by Crippen LogP contribution is -2.08. The van der Waals surface area contributed by atoms with Gasteiger partial charge in [0, 0.05) is 23.7 Å². The largest absolute Gasteiger partial charge is 0.494 e. The second-order valence-electron chi connectivity index (χ2n) is 22.0. The summed E-state index contributed by atoms with van der Waals surface area (Å²) in [6.07, 6.45) is 11.6. The van der Waals surface area contributed by atoms with Crippen molar-refractivity contribution in [2.45, 2.75) is 141 Å². The molecular weight excluding hydrogens is 1130 g/mol. The smallest absolute Gasteiger partial charge is 0.304 e. The molecule has 0 heterocycles. The van der Waals surface area contributed by atoms with Crippen LogP contribution < -0.4 is 18.9 Å². The standard InChI is InChI=1S/C21H26O3.C20H24O3.C19H22O3.C18H20O3/c1-2-3-4-8-15-24-19-13-11-18(12-14-19)20(16-21(22)23)17-9-6-5-7-10-17;1-2-3-7-14-23-18-12-10-17(11-13-18)19(15-20(21)22)16-8-5-4-6-9-16;1-2-3-13-22-17-11-9-16(10-12-17)18(14-19(20)21)15-7-5-4-6-8-15;1-2-12-21-16-10-8-15(9-11-16)17(13-18(19)20)14-6-4-3-5-7-14/h5-7,9-14,20H,2-4,8,15-16H2,1H3,(H,22,23);4-6,8-13,19H,2-3,7,14-15H2,1H3,(H,21,22);4-12,18H,2-3,13-14H2,1H3,(H,20,21);3-11,17H,2,12-13H2,1H3,(H,19,20). The molecule has 8 rings (SSSR count). The lowest BCUT2D eigenvalue weighted by Gasteiger charge is -2.16. The SMILES string of the molecule is CCCCCCOc1ccc(C(CC(=O)O)c2ccccc2)cc1.CCCCCOc1ccc(C(CC(=O)O)c2ccccc2)cc1.CCCCOc1ccc(C(CC(=O)O)c2ccccc2)cc1.CCCOc1ccc(C(CC(=O)O)c2ccccc2)cc1. The highest BCUT2D eigenvalue weighted by Gasteiger charge is 2.21. The lowest BCUT2D eigenvalue weighted by atomic mass is 9.88. The quantitative estimate of drug-likeness (QED) is 0.0280. The number of carboxylic acids is 4. The zero-order chi connectivity index (χ0) is 64.6. The van der Waals surface area contributed by atoms with Crippen molar-refractivity contribution < 1.29 is 58.6 Å². The van der Waals surface area contributed by atoms with Crippen molar-refractivity contribution in [3.05, 3.63) is 263 Å². The van der Waals surface area contributed by atoms with Gasteiger partial charge in [-0.05, 0) is 119 Å². The van der Waals surface area contributed by atoms with Gasteiger partial charge in [0.2, 0.25) is 0 Å². The Morgan fingerprint density at radius 3 is 0.700 bits per heavy atom. The third-order valence-electron chi connectivity index (χ3n) is 15.0. The maximum atomic E-state index is 11.2. The highest BCUT2D eigenvalue weighted by molar-refractivity contribution is 5.71. The van der Waals surface area contributed by atoms with Gasteiger partial charge in [-0.3, -0.25) is 19.2 Å². The van der Waals surface area contributed by atoms with Gasteiger partial charge in [-0.2, -0.15) is 0 Å². The number of ether oxygens (including phenoxy) is 4. The minimum absolute atomic E-state index is 0.0825. The average molecular weight is 1220 g/mol. The molecule has 0 aliphatic carbocycles. The van der Waals surface area contributed by atoms with Crippen LogP contribution in [-0.2, 0) is 19.2 Å². The fourth-order valence-corrected chi connectivity index (χ4v) is 10.2. The first kappa shape index (κ1) is 71.6. The number of aliphatic carboxylic acids is 4. The Hall–Kier alpha value is -9.16. The number of rotatable bonds is 34. The summed E-state index contributed by atoms with van der Waals surface area (Å²) in [4.78, 5) is 44.7. The van der Waals surface area contributed by atoms with E-state index < -0.39 is 23.9 Å². The van der Waals surface area contributed by atoms with Crippen LogP contribution >= 0.6 is 0 Å². The number of hydrogen-bond acceptors (Lipinski definition) is 8. The van der Waals surface area contributed by atoms with Gasteiger partial charge >= 0.3 is 23.9 Å². The number of unbranched alkanes of at least 4 members (excludes halogenated alkanes) is 6. The normalized spacial score (nSPS) is 11.9. The second kappa shape index (κ2) is 41.9. The van der Waals surface area contributed by atoms with Gasteiger partial charge in [-0.15, -0.1) is 0 Å². The number of hydrogen-bond donors (Lipinski definition) is 4. The Balaban J connectivity index is 0.000000218. The maximum absolute atomic E-state index is 11.2. The molecule has 0 bridgehead atoms. The molecule has 12 heteroatoms. The minimum Gasteiger partial charge on any atom is -0.494 e. The molecule has 4 N–H and O–H groups in total.